The predicted molar refractivity (Wildman–Crippen MR) is 62.9 cm³/mol. The molecule has 0 spiro atoms. The highest BCUT2D eigenvalue weighted by atomic mass is 35.5. The lowest BCUT2D eigenvalue weighted by molar-refractivity contribution is 0.112. The van der Waals surface area contributed by atoms with Crippen LogP contribution in [0.4, 0.5) is 0 Å². The molecule has 2 aromatic rings. The summed E-state index contributed by atoms with van der Waals surface area (Å²) in [5, 5.41) is 0.575. The number of carbonyl (C=O) groups is 1. The molecular formula is C12H11ClN2O. The van der Waals surface area contributed by atoms with Gasteiger partial charge in [0.05, 0.1) is 0 Å². The second kappa shape index (κ2) is 4.49. The lowest BCUT2D eigenvalue weighted by Gasteiger charge is -2.05. The summed E-state index contributed by atoms with van der Waals surface area (Å²) in [6, 6.07) is 5.32. The molecule has 0 saturated heterocycles. The maximum Gasteiger partial charge on any atom is 0.150 e. The highest BCUT2D eigenvalue weighted by molar-refractivity contribution is 6.30. The number of aldehydes is 1. The predicted octanol–water partition coefficient (Wildman–Crippen LogP) is 2.48. The van der Waals surface area contributed by atoms with E-state index >= 15 is 0 Å². The van der Waals surface area contributed by atoms with E-state index in [2.05, 4.69) is 4.98 Å². The summed E-state index contributed by atoms with van der Waals surface area (Å²) in [4.78, 5) is 15.1. The monoisotopic (exact) mass is 234 g/mol. The molecule has 3 nitrogen and oxygen atoms in total. The number of aromatic nitrogens is 2. The van der Waals surface area contributed by atoms with Crippen LogP contribution in [0.3, 0.4) is 0 Å². The van der Waals surface area contributed by atoms with Gasteiger partial charge in [-0.1, -0.05) is 17.7 Å². The van der Waals surface area contributed by atoms with Crippen LogP contribution in [0.5, 0.6) is 0 Å². The third-order valence-corrected chi connectivity index (χ3v) is 2.74. The minimum Gasteiger partial charge on any atom is -0.338 e. The number of hydrogen-bond acceptors (Lipinski definition) is 2. The van der Waals surface area contributed by atoms with E-state index in [0.29, 0.717) is 17.0 Å². The lowest BCUT2D eigenvalue weighted by atomic mass is 10.1. The molecule has 2 rings (SSSR count). The molecule has 1 aromatic carbocycles. The molecule has 0 fully saturated rings. The SMILES string of the molecule is Cn1ccnc1Cc1ccc(Cl)cc1C=O. The number of rotatable bonds is 3. The summed E-state index contributed by atoms with van der Waals surface area (Å²) in [5.41, 5.74) is 1.56. The van der Waals surface area contributed by atoms with Gasteiger partial charge in [-0.3, -0.25) is 4.79 Å². The van der Waals surface area contributed by atoms with Crippen LogP contribution in [0.2, 0.25) is 5.02 Å². The second-order valence-electron chi connectivity index (χ2n) is 3.59. The first-order chi connectivity index (χ1) is 7.70. The number of benzene rings is 1. The minimum atomic E-state index is 0.575. The largest absolute Gasteiger partial charge is 0.338 e. The fraction of sp³-hybridized carbons (Fsp3) is 0.167. The van der Waals surface area contributed by atoms with Crippen molar-refractivity contribution in [1.82, 2.24) is 9.55 Å². The molecule has 0 amide bonds. The first-order valence-electron chi connectivity index (χ1n) is 4.90. The van der Waals surface area contributed by atoms with E-state index < -0.39 is 0 Å². The molecule has 0 radical (unpaired) electrons. The Morgan fingerprint density at radius 2 is 2.31 bits per heavy atom. The highest BCUT2D eigenvalue weighted by Gasteiger charge is 2.06. The van der Waals surface area contributed by atoms with Crippen LogP contribution < -0.4 is 0 Å². The van der Waals surface area contributed by atoms with Crippen LogP contribution in [0.15, 0.2) is 30.6 Å². The number of nitrogens with zero attached hydrogens (tertiary/aromatic N) is 2. The average molecular weight is 235 g/mol. The fourth-order valence-electron chi connectivity index (χ4n) is 1.57. The molecule has 0 saturated carbocycles. The molecule has 0 aliphatic rings. The van der Waals surface area contributed by atoms with Crippen molar-refractivity contribution in [2.24, 2.45) is 7.05 Å². The van der Waals surface area contributed by atoms with Gasteiger partial charge >= 0.3 is 0 Å². The number of aryl methyl sites for hydroxylation is 1. The van der Waals surface area contributed by atoms with Gasteiger partial charge in [-0.05, 0) is 17.7 Å². The molecule has 0 aliphatic carbocycles. The summed E-state index contributed by atoms with van der Waals surface area (Å²) in [6.45, 7) is 0. The van der Waals surface area contributed by atoms with Crippen molar-refractivity contribution < 1.29 is 4.79 Å². The van der Waals surface area contributed by atoms with Gasteiger partial charge < -0.3 is 4.57 Å². The Labute approximate surface area is 98.7 Å². The fourth-order valence-corrected chi connectivity index (χ4v) is 1.75. The zero-order valence-electron chi connectivity index (χ0n) is 8.85. The number of carbonyl (C=O) groups excluding carboxylic acids is 1. The van der Waals surface area contributed by atoms with Crippen molar-refractivity contribution in [3.05, 3.63) is 52.6 Å². The van der Waals surface area contributed by atoms with Crippen molar-refractivity contribution in [1.29, 1.82) is 0 Å². The van der Waals surface area contributed by atoms with E-state index in [1.54, 1.807) is 18.3 Å². The Morgan fingerprint density at radius 3 is 2.94 bits per heavy atom. The third kappa shape index (κ3) is 2.14. The van der Waals surface area contributed by atoms with Crippen LogP contribution in [0.1, 0.15) is 21.7 Å². The molecule has 1 aromatic heterocycles. The summed E-state index contributed by atoms with van der Waals surface area (Å²) < 4.78 is 1.93. The minimum absolute atomic E-state index is 0.575. The van der Waals surface area contributed by atoms with Crippen LogP contribution in [0.25, 0.3) is 0 Å². The first-order valence-corrected chi connectivity index (χ1v) is 5.28. The third-order valence-electron chi connectivity index (χ3n) is 2.50. The molecule has 1 heterocycles. The smallest absolute Gasteiger partial charge is 0.150 e. The van der Waals surface area contributed by atoms with Crippen LogP contribution in [-0.2, 0) is 13.5 Å². The maximum atomic E-state index is 10.9. The Bertz CT molecular complexity index is 519. The summed E-state index contributed by atoms with van der Waals surface area (Å²) in [7, 11) is 1.93. The van der Waals surface area contributed by atoms with Gasteiger partial charge in [0.25, 0.3) is 0 Å². The molecule has 16 heavy (non-hydrogen) atoms. The van der Waals surface area contributed by atoms with Crippen LogP contribution in [0, 0.1) is 0 Å². The van der Waals surface area contributed by atoms with Gasteiger partial charge in [-0.2, -0.15) is 0 Å². The Morgan fingerprint density at radius 1 is 1.50 bits per heavy atom. The Hall–Kier alpha value is -1.61. The lowest BCUT2D eigenvalue weighted by Crippen LogP contribution is -2.01. The molecular weight excluding hydrogens is 224 g/mol. The second-order valence-corrected chi connectivity index (χ2v) is 4.03. The number of halogens is 1. The zero-order chi connectivity index (χ0) is 11.5. The molecule has 4 heteroatoms. The quantitative estimate of drug-likeness (QED) is 0.765. The van der Waals surface area contributed by atoms with E-state index in [9.17, 15) is 4.79 Å². The summed E-state index contributed by atoms with van der Waals surface area (Å²) in [5.74, 6) is 0.922. The topological polar surface area (TPSA) is 34.9 Å². The van der Waals surface area contributed by atoms with Crippen molar-refractivity contribution in [2.75, 3.05) is 0 Å². The maximum absolute atomic E-state index is 10.9. The van der Waals surface area contributed by atoms with Gasteiger partial charge in [-0.25, -0.2) is 4.98 Å². The number of imidazole rings is 1. The van der Waals surface area contributed by atoms with E-state index in [1.807, 2.05) is 23.9 Å². The van der Waals surface area contributed by atoms with E-state index in [4.69, 9.17) is 11.6 Å². The van der Waals surface area contributed by atoms with Crippen molar-refractivity contribution in [2.45, 2.75) is 6.42 Å². The average Bonchev–Trinajstić information content (AvgIpc) is 2.67. The van der Waals surface area contributed by atoms with E-state index in [1.165, 1.54) is 0 Å². The van der Waals surface area contributed by atoms with Crippen molar-refractivity contribution in [3.8, 4) is 0 Å². The normalized spacial score (nSPS) is 10.4. The highest BCUT2D eigenvalue weighted by Crippen LogP contribution is 2.17. The number of hydrogen-bond donors (Lipinski definition) is 0. The molecule has 0 aliphatic heterocycles. The van der Waals surface area contributed by atoms with Crippen molar-refractivity contribution in [3.63, 3.8) is 0 Å². The summed E-state index contributed by atoms with van der Waals surface area (Å²) >= 11 is 5.83. The van der Waals surface area contributed by atoms with Crippen molar-refractivity contribution >= 4 is 17.9 Å². The molecule has 82 valence electrons. The van der Waals surface area contributed by atoms with E-state index in [-0.39, 0.29) is 0 Å². The van der Waals surface area contributed by atoms with Gasteiger partial charge in [0, 0.05) is 36.4 Å². The van der Waals surface area contributed by atoms with Gasteiger partial charge in [0.15, 0.2) is 0 Å². The van der Waals surface area contributed by atoms with Gasteiger partial charge in [0.1, 0.15) is 12.1 Å². The summed E-state index contributed by atoms with van der Waals surface area (Å²) in [6.07, 6.45) is 5.08. The Kier molecular flexibility index (Phi) is 3.06. The van der Waals surface area contributed by atoms with Gasteiger partial charge in [0.2, 0.25) is 0 Å². The van der Waals surface area contributed by atoms with Gasteiger partial charge in [-0.15, -0.1) is 0 Å². The molecule has 0 bridgehead atoms. The molecule has 0 unspecified atom stereocenters. The van der Waals surface area contributed by atoms with E-state index in [0.717, 1.165) is 17.7 Å². The van der Waals surface area contributed by atoms with Crippen LogP contribution >= 0.6 is 11.6 Å². The first kappa shape index (κ1) is 10.9. The standard InChI is InChI=1S/C12H11ClN2O/c1-15-5-4-14-12(15)7-9-2-3-11(13)6-10(9)8-16/h2-6,8H,7H2,1H3. The zero-order valence-corrected chi connectivity index (χ0v) is 9.61. The van der Waals surface area contributed by atoms with Crippen LogP contribution in [-0.4, -0.2) is 15.8 Å². The molecule has 0 atom stereocenters. The molecule has 0 N–H and O–H groups in total. The Balaban J connectivity index is 2.34.